The summed E-state index contributed by atoms with van der Waals surface area (Å²) in [5.74, 6) is 0.974. The zero-order chi connectivity index (χ0) is 11.1. The average molecular weight is 212 g/mol. The Hall–Kier alpha value is -0.940. The minimum Gasteiger partial charge on any atom is -0.377 e. The monoisotopic (exact) mass is 212 g/mol. The normalized spacial score (nSPS) is 11.2. The number of hydrogen-bond acceptors (Lipinski definition) is 4. The van der Waals surface area contributed by atoms with Gasteiger partial charge in [-0.15, -0.1) is 0 Å². The Morgan fingerprint density at radius 3 is 3.00 bits per heavy atom. The molecule has 5 heteroatoms. The second kappa shape index (κ2) is 6.53. The van der Waals surface area contributed by atoms with Gasteiger partial charge in [0.2, 0.25) is 0 Å². The molecule has 0 unspecified atom stereocenters. The van der Waals surface area contributed by atoms with Crippen LogP contribution in [0.15, 0.2) is 6.33 Å². The predicted octanol–water partition coefficient (Wildman–Crippen LogP) is 0.813. The van der Waals surface area contributed by atoms with Crippen molar-refractivity contribution in [1.82, 2.24) is 20.1 Å². The molecule has 0 bridgehead atoms. The summed E-state index contributed by atoms with van der Waals surface area (Å²) >= 11 is 0. The van der Waals surface area contributed by atoms with Crippen LogP contribution in [0, 0.1) is 0 Å². The highest BCUT2D eigenvalue weighted by molar-refractivity contribution is 4.83. The van der Waals surface area contributed by atoms with Crippen LogP contribution in [0.1, 0.15) is 26.6 Å². The van der Waals surface area contributed by atoms with Crippen molar-refractivity contribution in [1.29, 1.82) is 0 Å². The SMILES string of the molecule is CCn1ncnc1CNCCOC(C)C. The molecule has 0 saturated heterocycles. The van der Waals surface area contributed by atoms with E-state index in [1.165, 1.54) is 0 Å². The molecule has 1 aromatic rings. The highest BCUT2D eigenvalue weighted by Gasteiger charge is 2.01. The molecule has 15 heavy (non-hydrogen) atoms. The minimum atomic E-state index is 0.297. The van der Waals surface area contributed by atoms with E-state index in [0.29, 0.717) is 6.10 Å². The molecule has 0 radical (unpaired) electrons. The first-order valence-electron chi connectivity index (χ1n) is 5.43. The fraction of sp³-hybridized carbons (Fsp3) is 0.800. The molecule has 5 nitrogen and oxygen atoms in total. The van der Waals surface area contributed by atoms with Crippen LogP contribution in [0.2, 0.25) is 0 Å². The van der Waals surface area contributed by atoms with Crippen molar-refractivity contribution in [2.24, 2.45) is 0 Å². The quantitative estimate of drug-likeness (QED) is 0.680. The first-order valence-corrected chi connectivity index (χ1v) is 5.43. The van der Waals surface area contributed by atoms with Gasteiger partial charge in [-0.05, 0) is 20.8 Å². The third kappa shape index (κ3) is 4.40. The number of aromatic nitrogens is 3. The molecule has 0 aliphatic rings. The van der Waals surface area contributed by atoms with Crippen LogP contribution >= 0.6 is 0 Å². The molecular weight excluding hydrogens is 192 g/mol. The van der Waals surface area contributed by atoms with Gasteiger partial charge >= 0.3 is 0 Å². The van der Waals surface area contributed by atoms with Gasteiger partial charge in [0.1, 0.15) is 12.2 Å². The van der Waals surface area contributed by atoms with Crippen LogP contribution in [0.25, 0.3) is 0 Å². The lowest BCUT2D eigenvalue weighted by Gasteiger charge is -2.08. The maximum Gasteiger partial charge on any atom is 0.140 e. The van der Waals surface area contributed by atoms with Gasteiger partial charge in [0, 0.05) is 13.1 Å². The third-order valence-electron chi connectivity index (χ3n) is 2.01. The van der Waals surface area contributed by atoms with Crippen LogP contribution in [-0.4, -0.2) is 34.0 Å². The van der Waals surface area contributed by atoms with E-state index in [2.05, 4.69) is 22.3 Å². The topological polar surface area (TPSA) is 52.0 Å². The molecular formula is C10H20N4O. The first-order chi connectivity index (χ1) is 7.24. The van der Waals surface area contributed by atoms with Gasteiger partial charge in [-0.25, -0.2) is 9.67 Å². The van der Waals surface area contributed by atoms with Crippen molar-refractivity contribution in [2.75, 3.05) is 13.2 Å². The van der Waals surface area contributed by atoms with Crippen molar-refractivity contribution < 1.29 is 4.74 Å². The summed E-state index contributed by atoms with van der Waals surface area (Å²) in [7, 11) is 0. The summed E-state index contributed by atoms with van der Waals surface area (Å²) in [6.45, 7) is 9.31. The molecule has 1 rings (SSSR count). The Morgan fingerprint density at radius 1 is 1.53 bits per heavy atom. The van der Waals surface area contributed by atoms with Crippen molar-refractivity contribution in [3.8, 4) is 0 Å². The third-order valence-corrected chi connectivity index (χ3v) is 2.01. The van der Waals surface area contributed by atoms with Crippen molar-refractivity contribution >= 4 is 0 Å². The Morgan fingerprint density at radius 2 is 2.33 bits per heavy atom. The van der Waals surface area contributed by atoms with E-state index in [4.69, 9.17) is 4.74 Å². The largest absolute Gasteiger partial charge is 0.377 e. The van der Waals surface area contributed by atoms with Gasteiger partial charge in [0.05, 0.1) is 19.3 Å². The molecule has 0 saturated carbocycles. The first kappa shape index (κ1) is 12.1. The molecule has 0 aliphatic carbocycles. The summed E-state index contributed by atoms with van der Waals surface area (Å²) in [5.41, 5.74) is 0. The molecule has 1 N–H and O–H groups in total. The molecule has 86 valence electrons. The van der Waals surface area contributed by atoms with Crippen LogP contribution < -0.4 is 5.32 Å². The summed E-state index contributed by atoms with van der Waals surface area (Å²) in [6.07, 6.45) is 1.89. The predicted molar refractivity (Wildman–Crippen MR) is 58.5 cm³/mol. The molecule has 0 aliphatic heterocycles. The molecule has 1 aromatic heterocycles. The lowest BCUT2D eigenvalue weighted by Crippen LogP contribution is -2.23. The van der Waals surface area contributed by atoms with Gasteiger partial charge in [0.15, 0.2) is 0 Å². The van der Waals surface area contributed by atoms with E-state index in [1.807, 2.05) is 18.5 Å². The number of aryl methyl sites for hydroxylation is 1. The molecule has 0 fully saturated rings. The fourth-order valence-corrected chi connectivity index (χ4v) is 1.26. The Kier molecular flexibility index (Phi) is 5.28. The maximum atomic E-state index is 5.41. The average Bonchev–Trinajstić information content (AvgIpc) is 2.64. The summed E-state index contributed by atoms with van der Waals surface area (Å²) in [4.78, 5) is 4.17. The minimum absolute atomic E-state index is 0.297. The van der Waals surface area contributed by atoms with Crippen molar-refractivity contribution in [3.63, 3.8) is 0 Å². The van der Waals surface area contributed by atoms with E-state index in [9.17, 15) is 0 Å². The number of rotatable bonds is 7. The van der Waals surface area contributed by atoms with E-state index >= 15 is 0 Å². The lowest BCUT2D eigenvalue weighted by molar-refractivity contribution is 0.0806. The number of nitrogens with one attached hydrogen (secondary N) is 1. The van der Waals surface area contributed by atoms with Crippen molar-refractivity contribution in [3.05, 3.63) is 12.2 Å². The van der Waals surface area contributed by atoms with Crippen molar-refractivity contribution in [2.45, 2.75) is 40.0 Å². The van der Waals surface area contributed by atoms with Gasteiger partial charge in [-0.3, -0.25) is 0 Å². The molecule has 1 heterocycles. The zero-order valence-corrected chi connectivity index (χ0v) is 9.73. The highest BCUT2D eigenvalue weighted by Crippen LogP contribution is 1.92. The zero-order valence-electron chi connectivity index (χ0n) is 9.73. The standard InChI is InChI=1S/C10H20N4O/c1-4-14-10(12-8-13-14)7-11-5-6-15-9(2)3/h8-9,11H,4-7H2,1-3H3. The number of nitrogens with zero attached hydrogens (tertiary/aromatic N) is 3. The lowest BCUT2D eigenvalue weighted by atomic mass is 10.5. The van der Waals surface area contributed by atoms with E-state index in [0.717, 1.165) is 32.1 Å². The van der Waals surface area contributed by atoms with Gasteiger partial charge in [-0.1, -0.05) is 0 Å². The van der Waals surface area contributed by atoms with E-state index < -0.39 is 0 Å². The van der Waals surface area contributed by atoms with Crippen LogP contribution in [0.5, 0.6) is 0 Å². The second-order valence-electron chi connectivity index (χ2n) is 3.59. The smallest absolute Gasteiger partial charge is 0.140 e. The summed E-state index contributed by atoms with van der Waals surface area (Å²) < 4.78 is 7.30. The van der Waals surface area contributed by atoms with Gasteiger partial charge in [-0.2, -0.15) is 5.10 Å². The van der Waals surface area contributed by atoms with Crippen LogP contribution in [0.3, 0.4) is 0 Å². The molecule has 0 amide bonds. The summed E-state index contributed by atoms with van der Waals surface area (Å²) in [6, 6.07) is 0. The summed E-state index contributed by atoms with van der Waals surface area (Å²) in [5, 5.41) is 7.37. The Balaban J connectivity index is 2.15. The molecule has 0 aromatic carbocycles. The number of hydrogen-bond donors (Lipinski definition) is 1. The van der Waals surface area contributed by atoms with E-state index in [-0.39, 0.29) is 0 Å². The highest BCUT2D eigenvalue weighted by atomic mass is 16.5. The Bertz CT molecular complexity index is 272. The van der Waals surface area contributed by atoms with Gasteiger partial charge in [0.25, 0.3) is 0 Å². The van der Waals surface area contributed by atoms with Crippen LogP contribution in [0.4, 0.5) is 0 Å². The van der Waals surface area contributed by atoms with E-state index in [1.54, 1.807) is 6.33 Å². The fourth-order valence-electron chi connectivity index (χ4n) is 1.26. The second-order valence-corrected chi connectivity index (χ2v) is 3.59. The molecule has 0 atom stereocenters. The van der Waals surface area contributed by atoms with Crippen LogP contribution in [-0.2, 0) is 17.8 Å². The number of ether oxygens (including phenoxy) is 1. The van der Waals surface area contributed by atoms with Gasteiger partial charge < -0.3 is 10.1 Å². The Labute approximate surface area is 90.8 Å². The molecule has 0 spiro atoms. The maximum absolute atomic E-state index is 5.41.